The summed E-state index contributed by atoms with van der Waals surface area (Å²) < 4.78 is 5.75. The number of fused-ring (bicyclic) bond motifs is 4. The van der Waals surface area contributed by atoms with E-state index in [0.29, 0.717) is 18.1 Å². The molecule has 1 N–H and O–H groups in total. The van der Waals surface area contributed by atoms with E-state index in [9.17, 15) is 0 Å². The second kappa shape index (κ2) is 10.7. The minimum atomic E-state index is -0.637. The first kappa shape index (κ1) is 27.3. The predicted molar refractivity (Wildman–Crippen MR) is 175 cm³/mol. The number of aromatic amines is 1. The molecule has 2 aliphatic heterocycles. The summed E-state index contributed by atoms with van der Waals surface area (Å²) in [5.74, 6) is 0. The van der Waals surface area contributed by atoms with E-state index in [-0.39, 0.29) is 0 Å². The molecule has 3 atom stereocenters. The van der Waals surface area contributed by atoms with E-state index in [1.54, 1.807) is 6.20 Å². The van der Waals surface area contributed by atoms with Crippen molar-refractivity contribution >= 4 is 11.0 Å². The highest BCUT2D eigenvalue weighted by atomic mass is 16.5. The number of hydrogen-bond donors (Lipinski definition) is 1. The molecule has 0 amide bonds. The Morgan fingerprint density at radius 2 is 1.61 bits per heavy atom. The fourth-order valence-electron chi connectivity index (χ4n) is 7.73. The Balaban J connectivity index is 1.06. The van der Waals surface area contributed by atoms with Crippen LogP contribution in [0.3, 0.4) is 0 Å². The van der Waals surface area contributed by atoms with Crippen LogP contribution in [0.25, 0.3) is 49.4 Å². The van der Waals surface area contributed by atoms with E-state index in [4.69, 9.17) is 16.3 Å². The molecule has 3 aliphatic rings. The Labute approximate surface area is 259 Å². The van der Waals surface area contributed by atoms with Crippen LogP contribution in [0.1, 0.15) is 49.8 Å². The molecule has 0 radical (unpaired) electrons. The summed E-state index contributed by atoms with van der Waals surface area (Å²) in [5.41, 5.74) is 10.7. The number of benzene rings is 2. The minimum Gasteiger partial charge on any atom is -0.378 e. The molecule has 2 fully saturated rings. The van der Waals surface area contributed by atoms with Crippen molar-refractivity contribution in [2.45, 2.75) is 69.6 Å². The maximum Gasteiger partial charge on any atom is 0.254 e. The molecule has 2 saturated heterocycles. The van der Waals surface area contributed by atoms with Gasteiger partial charge < -0.3 is 14.6 Å². The Kier molecular flexibility index (Phi) is 6.62. The number of pyridine rings is 2. The highest BCUT2D eigenvalue weighted by Gasteiger charge is 2.45. The zero-order chi connectivity index (χ0) is 29.8. The monoisotopic (exact) mass is 579 g/mol. The fourth-order valence-corrected chi connectivity index (χ4v) is 7.73. The highest BCUT2D eigenvalue weighted by molar-refractivity contribution is 5.96. The van der Waals surface area contributed by atoms with Crippen molar-refractivity contribution in [2.75, 3.05) is 13.2 Å². The van der Waals surface area contributed by atoms with Gasteiger partial charge in [-0.25, -0.2) is 11.6 Å². The van der Waals surface area contributed by atoms with Crippen LogP contribution in [-0.2, 0) is 23.1 Å². The van der Waals surface area contributed by atoms with Gasteiger partial charge in [0.15, 0.2) is 0 Å². The van der Waals surface area contributed by atoms with E-state index in [2.05, 4.69) is 74.4 Å². The fraction of sp³-hybridized carbons (Fsp3) is 0.342. The second-order valence-corrected chi connectivity index (χ2v) is 13.2. The summed E-state index contributed by atoms with van der Waals surface area (Å²) in [6.45, 7) is 13.4. The van der Waals surface area contributed by atoms with Crippen LogP contribution >= 0.6 is 0 Å². The molecule has 2 aromatic carbocycles. The number of morpholine rings is 1. The van der Waals surface area contributed by atoms with Gasteiger partial charge in [-0.3, -0.25) is 9.88 Å². The number of nitrogens with one attached hydrogen (secondary N) is 1. The lowest BCUT2D eigenvalue weighted by Crippen LogP contribution is -2.66. The van der Waals surface area contributed by atoms with Crippen molar-refractivity contribution in [3.63, 3.8) is 0 Å². The lowest BCUT2D eigenvalue weighted by atomic mass is 9.87. The quantitative estimate of drug-likeness (QED) is 0.170. The topological polar surface area (TPSA) is 58.4 Å². The molecular weight excluding hydrogens is 542 g/mol. The van der Waals surface area contributed by atoms with Crippen molar-refractivity contribution in [3.05, 3.63) is 107 Å². The molecule has 5 heterocycles. The summed E-state index contributed by atoms with van der Waals surface area (Å²) in [6.07, 6.45) is 11.9. The van der Waals surface area contributed by atoms with Crippen LogP contribution in [0.2, 0.25) is 0 Å². The lowest BCUT2D eigenvalue weighted by molar-refractivity contribution is -0.148. The molecule has 1 aliphatic carbocycles. The van der Waals surface area contributed by atoms with Gasteiger partial charge in [0.25, 0.3) is 5.54 Å². The summed E-state index contributed by atoms with van der Waals surface area (Å²) in [7, 11) is 0. The van der Waals surface area contributed by atoms with Crippen LogP contribution in [0.5, 0.6) is 0 Å². The van der Waals surface area contributed by atoms with Crippen molar-refractivity contribution in [1.82, 2.24) is 19.9 Å². The van der Waals surface area contributed by atoms with Crippen LogP contribution in [0.15, 0.2) is 79.3 Å². The van der Waals surface area contributed by atoms with Crippen molar-refractivity contribution in [2.24, 2.45) is 0 Å². The highest BCUT2D eigenvalue weighted by Crippen LogP contribution is 2.39. The summed E-state index contributed by atoms with van der Waals surface area (Å²) in [6, 6.07) is 23.7. The molecule has 44 heavy (non-hydrogen) atoms. The first-order valence-electron chi connectivity index (χ1n) is 15.9. The number of hydrogen-bond acceptors (Lipinski definition) is 4. The maximum atomic E-state index is 7.68. The minimum absolute atomic E-state index is 0.637. The van der Waals surface area contributed by atoms with Crippen LogP contribution in [0.4, 0.5) is 0 Å². The average molecular weight is 580 g/mol. The summed E-state index contributed by atoms with van der Waals surface area (Å²) >= 11 is 0. The van der Waals surface area contributed by atoms with Crippen molar-refractivity contribution < 1.29 is 4.74 Å². The van der Waals surface area contributed by atoms with Gasteiger partial charge in [0.05, 0.1) is 24.5 Å². The SMILES string of the molecule is [C-]#[N+]C(C)(C)c1cccnc1-c1ccc(-c2c[nH]c3ncc(-c4ccc5c(c4)CC[C@@H](N4C6COCC4C6)CC5)cc23)cc1. The van der Waals surface area contributed by atoms with Crippen LogP contribution < -0.4 is 0 Å². The molecule has 2 bridgehead atoms. The standard InChI is InChI=1S/C38H37N5O/c1-38(2,39-3)35-5-4-16-40-36(35)26-9-7-25(8-10-26)34-21-42-37-33(34)18-29(20-41-37)28-11-6-24-12-14-30(15-13-27(24)17-28)43-31-19-32(43)23-44-22-31/h4-11,16-18,20-21,30-32H,12-15,19,22-23H2,1-2H3,(H,41,42)/t30-,31?,32?/m0/s1. The third-order valence-electron chi connectivity index (χ3n) is 10.2. The van der Waals surface area contributed by atoms with E-state index < -0.39 is 5.54 Å². The third-order valence-corrected chi connectivity index (χ3v) is 10.2. The maximum absolute atomic E-state index is 7.68. The first-order valence-corrected chi connectivity index (χ1v) is 15.9. The van der Waals surface area contributed by atoms with Gasteiger partial charge in [-0.1, -0.05) is 42.5 Å². The normalized spacial score (nSPS) is 21.7. The molecule has 8 rings (SSSR count). The average Bonchev–Trinajstić information content (AvgIpc) is 3.39. The number of H-pyrrole nitrogens is 1. The summed E-state index contributed by atoms with van der Waals surface area (Å²) in [5, 5.41) is 1.12. The molecule has 0 saturated carbocycles. The molecule has 6 heteroatoms. The third kappa shape index (κ3) is 4.63. The number of aromatic nitrogens is 3. The second-order valence-electron chi connectivity index (χ2n) is 13.2. The van der Waals surface area contributed by atoms with E-state index in [0.717, 1.165) is 70.6 Å². The zero-order valence-corrected chi connectivity index (χ0v) is 25.4. The number of nitrogens with zero attached hydrogens (tertiary/aromatic N) is 4. The van der Waals surface area contributed by atoms with Crippen molar-refractivity contribution in [3.8, 4) is 33.5 Å². The molecule has 5 aromatic rings. The van der Waals surface area contributed by atoms with E-state index >= 15 is 0 Å². The Morgan fingerprint density at radius 3 is 2.39 bits per heavy atom. The van der Waals surface area contributed by atoms with Gasteiger partial charge in [-0.2, -0.15) is 0 Å². The van der Waals surface area contributed by atoms with Crippen molar-refractivity contribution in [1.29, 1.82) is 0 Å². The zero-order valence-electron chi connectivity index (χ0n) is 25.4. The Morgan fingerprint density at radius 1 is 0.864 bits per heavy atom. The largest absolute Gasteiger partial charge is 0.378 e. The van der Waals surface area contributed by atoms with Gasteiger partial charge in [-0.15, -0.1) is 0 Å². The van der Waals surface area contributed by atoms with Gasteiger partial charge in [0.2, 0.25) is 0 Å². The number of ether oxygens (including phenoxy) is 1. The summed E-state index contributed by atoms with van der Waals surface area (Å²) in [4.78, 5) is 19.5. The Bertz CT molecular complexity index is 1890. The molecule has 3 aromatic heterocycles. The lowest BCUT2D eigenvalue weighted by Gasteiger charge is -2.56. The van der Waals surface area contributed by atoms with E-state index in [1.807, 2.05) is 32.2 Å². The molecule has 0 spiro atoms. The smallest absolute Gasteiger partial charge is 0.254 e. The van der Waals surface area contributed by atoms with Gasteiger partial charge >= 0.3 is 0 Å². The van der Waals surface area contributed by atoms with Gasteiger partial charge in [-0.05, 0) is 72.6 Å². The predicted octanol–water partition coefficient (Wildman–Crippen LogP) is 7.83. The van der Waals surface area contributed by atoms with Crippen LogP contribution in [0, 0.1) is 6.57 Å². The van der Waals surface area contributed by atoms with Gasteiger partial charge in [0, 0.05) is 72.6 Å². The Hall–Kier alpha value is -4.31. The molecule has 6 nitrogen and oxygen atoms in total. The van der Waals surface area contributed by atoms with Crippen LogP contribution in [-0.4, -0.2) is 51.2 Å². The molecule has 2 unspecified atom stereocenters. The number of aryl methyl sites for hydroxylation is 2. The van der Waals surface area contributed by atoms with E-state index in [1.165, 1.54) is 36.0 Å². The molecular formula is C38H37N5O. The number of rotatable bonds is 5. The van der Waals surface area contributed by atoms with Gasteiger partial charge in [0.1, 0.15) is 5.65 Å². The molecule has 220 valence electrons. The first-order chi connectivity index (χ1) is 21.5.